The number of rotatable bonds is 5. The van der Waals surface area contributed by atoms with Crippen LogP contribution in [0.15, 0.2) is 22.6 Å². The van der Waals surface area contributed by atoms with Crippen LogP contribution in [0.25, 0.3) is 0 Å². The molecule has 0 spiro atoms. The summed E-state index contributed by atoms with van der Waals surface area (Å²) in [6.07, 6.45) is 5.66. The van der Waals surface area contributed by atoms with Gasteiger partial charge in [-0.15, -0.1) is 11.8 Å². The summed E-state index contributed by atoms with van der Waals surface area (Å²) in [5, 5.41) is 4.09. The number of hydrogen-bond acceptors (Lipinski definition) is 3. The smallest absolute Gasteiger partial charge is 0.112 e. The molecule has 0 radical (unpaired) electrons. The summed E-state index contributed by atoms with van der Waals surface area (Å²) in [5.41, 5.74) is 1.41. The number of thiocarbonyl (C=S) groups is 1. The summed E-state index contributed by atoms with van der Waals surface area (Å²) in [4.78, 5) is 4.69. The van der Waals surface area contributed by atoms with Crippen LogP contribution in [0.1, 0.15) is 34.1 Å². The van der Waals surface area contributed by atoms with Crippen molar-refractivity contribution in [2.24, 2.45) is 5.92 Å². The number of nitrogens with zero attached hydrogens (tertiary/aromatic N) is 1. The van der Waals surface area contributed by atoms with E-state index in [1.807, 2.05) is 11.8 Å². The first-order chi connectivity index (χ1) is 9.55. The Morgan fingerprint density at radius 2 is 2.10 bits per heavy atom. The molecule has 0 aromatic rings. The second-order valence-electron chi connectivity index (χ2n) is 5.83. The molecule has 0 aromatic carbocycles. The zero-order valence-electron chi connectivity index (χ0n) is 13.0. The molecule has 4 heteroatoms. The minimum Gasteiger partial charge on any atom is -0.371 e. The third kappa shape index (κ3) is 3.66. The molecule has 0 aliphatic carbocycles. The topological polar surface area (TPSA) is 15.3 Å². The lowest BCUT2D eigenvalue weighted by Gasteiger charge is -2.25. The summed E-state index contributed by atoms with van der Waals surface area (Å²) in [6.45, 7) is 12.3. The van der Waals surface area contributed by atoms with Gasteiger partial charge in [-0.2, -0.15) is 0 Å². The molecule has 2 saturated heterocycles. The monoisotopic (exact) mass is 310 g/mol. The third-order valence-electron chi connectivity index (χ3n) is 4.54. The highest BCUT2D eigenvalue weighted by Gasteiger charge is 2.38. The van der Waals surface area contributed by atoms with Crippen LogP contribution in [-0.2, 0) is 0 Å². The molecule has 20 heavy (non-hydrogen) atoms. The second-order valence-corrected chi connectivity index (χ2v) is 7.62. The quantitative estimate of drug-likeness (QED) is 0.474. The van der Waals surface area contributed by atoms with Crippen LogP contribution in [0.5, 0.6) is 0 Å². The van der Waals surface area contributed by atoms with Gasteiger partial charge in [0.15, 0.2) is 0 Å². The van der Waals surface area contributed by atoms with Crippen molar-refractivity contribution in [2.75, 3.05) is 19.6 Å². The summed E-state index contributed by atoms with van der Waals surface area (Å²) < 4.78 is 0. The van der Waals surface area contributed by atoms with E-state index >= 15 is 0 Å². The Morgan fingerprint density at radius 1 is 1.35 bits per heavy atom. The van der Waals surface area contributed by atoms with Crippen LogP contribution in [0.2, 0.25) is 0 Å². The maximum atomic E-state index is 5.63. The number of hydrogen-bond donors (Lipinski definition) is 1. The Balaban J connectivity index is 1.90. The fourth-order valence-electron chi connectivity index (χ4n) is 2.96. The SMILES string of the molecule is C/C=C(\SC(C)/C(C)=C/C)C(=S)NC1CN2CCC1C2. The van der Waals surface area contributed by atoms with Crippen molar-refractivity contribution in [3.05, 3.63) is 22.6 Å². The van der Waals surface area contributed by atoms with Gasteiger partial charge < -0.3 is 10.2 Å². The van der Waals surface area contributed by atoms with Crippen LogP contribution in [0.3, 0.4) is 0 Å². The average Bonchev–Trinajstić information content (AvgIpc) is 3.05. The number of nitrogens with one attached hydrogen (secondary N) is 1. The lowest BCUT2D eigenvalue weighted by molar-refractivity contribution is 0.335. The van der Waals surface area contributed by atoms with Crippen LogP contribution in [-0.4, -0.2) is 40.8 Å². The van der Waals surface area contributed by atoms with Gasteiger partial charge in [0.05, 0.1) is 0 Å². The normalized spacial score (nSPS) is 31.5. The van der Waals surface area contributed by atoms with Gasteiger partial charge in [-0.05, 0) is 46.6 Å². The van der Waals surface area contributed by atoms with Gasteiger partial charge in [0.2, 0.25) is 0 Å². The number of fused-ring (bicyclic) bond motifs is 2. The molecule has 2 fully saturated rings. The Morgan fingerprint density at radius 3 is 2.60 bits per heavy atom. The standard InChI is InChI=1S/C16H26N2S2/c1-5-11(3)12(4)20-15(6-2)16(19)17-14-10-18-8-7-13(14)9-18/h5-6,12-14H,7-10H2,1-4H3,(H,17,19)/b11-5+,15-6-. The van der Waals surface area contributed by atoms with Crippen molar-refractivity contribution in [1.82, 2.24) is 10.2 Å². The summed E-state index contributed by atoms with van der Waals surface area (Å²) in [7, 11) is 0. The van der Waals surface area contributed by atoms with E-state index in [1.54, 1.807) is 0 Å². The van der Waals surface area contributed by atoms with E-state index in [2.05, 4.69) is 50.1 Å². The van der Waals surface area contributed by atoms with Gasteiger partial charge in [-0.3, -0.25) is 0 Å². The van der Waals surface area contributed by atoms with Gasteiger partial charge in [-0.25, -0.2) is 0 Å². The third-order valence-corrected chi connectivity index (χ3v) is 6.42. The van der Waals surface area contributed by atoms with E-state index in [1.165, 1.54) is 30.0 Å². The highest BCUT2D eigenvalue weighted by molar-refractivity contribution is 8.05. The molecular formula is C16H26N2S2. The Bertz CT molecular complexity index is 428. The fourth-order valence-corrected chi connectivity index (χ4v) is 4.38. The lowest BCUT2D eigenvalue weighted by atomic mass is 10.0. The second kappa shape index (κ2) is 7.10. The van der Waals surface area contributed by atoms with Crippen molar-refractivity contribution < 1.29 is 0 Å². The average molecular weight is 311 g/mol. The first kappa shape index (κ1) is 16.1. The number of allylic oxidation sites excluding steroid dienone is 2. The van der Waals surface area contributed by atoms with E-state index in [9.17, 15) is 0 Å². The molecule has 0 aromatic heterocycles. The van der Waals surface area contributed by atoms with Crippen LogP contribution in [0, 0.1) is 5.92 Å². The molecule has 1 N–H and O–H groups in total. The first-order valence-electron chi connectivity index (χ1n) is 7.54. The predicted octanol–water partition coefficient (Wildman–Crippen LogP) is 3.60. The van der Waals surface area contributed by atoms with Crippen molar-refractivity contribution in [3.63, 3.8) is 0 Å². The Labute approximate surface area is 133 Å². The van der Waals surface area contributed by atoms with Gasteiger partial charge in [0.1, 0.15) is 4.99 Å². The van der Waals surface area contributed by atoms with E-state index in [-0.39, 0.29) is 0 Å². The highest BCUT2D eigenvalue weighted by Crippen LogP contribution is 2.30. The zero-order chi connectivity index (χ0) is 14.7. The van der Waals surface area contributed by atoms with Crippen molar-refractivity contribution in [2.45, 2.75) is 45.4 Å². The molecular weight excluding hydrogens is 284 g/mol. The van der Waals surface area contributed by atoms with Crippen LogP contribution < -0.4 is 5.32 Å². The van der Waals surface area contributed by atoms with Gasteiger partial charge in [0, 0.05) is 29.3 Å². The van der Waals surface area contributed by atoms with Gasteiger partial charge >= 0.3 is 0 Å². The lowest BCUT2D eigenvalue weighted by Crippen LogP contribution is -2.42. The Hall–Kier alpha value is -0.320. The molecule has 2 aliphatic rings. The molecule has 4 atom stereocenters. The molecule has 112 valence electrons. The van der Waals surface area contributed by atoms with E-state index < -0.39 is 0 Å². The van der Waals surface area contributed by atoms with Gasteiger partial charge in [-0.1, -0.05) is 29.9 Å². The molecule has 2 aliphatic heterocycles. The maximum absolute atomic E-state index is 5.63. The zero-order valence-corrected chi connectivity index (χ0v) is 14.6. The van der Waals surface area contributed by atoms with E-state index in [4.69, 9.17) is 12.2 Å². The summed E-state index contributed by atoms with van der Waals surface area (Å²) in [6, 6.07) is 0.560. The molecule has 2 rings (SSSR count). The fraction of sp³-hybridized carbons (Fsp3) is 0.688. The number of thioether (sulfide) groups is 1. The van der Waals surface area contributed by atoms with Crippen molar-refractivity contribution in [1.29, 1.82) is 0 Å². The minimum absolute atomic E-state index is 0.481. The molecule has 0 saturated carbocycles. The summed E-state index contributed by atoms with van der Waals surface area (Å²) >= 11 is 7.49. The van der Waals surface area contributed by atoms with Crippen LogP contribution in [0.4, 0.5) is 0 Å². The molecule has 4 unspecified atom stereocenters. The minimum atomic E-state index is 0.481. The van der Waals surface area contributed by atoms with Gasteiger partial charge in [0.25, 0.3) is 0 Å². The number of piperidine rings is 1. The maximum Gasteiger partial charge on any atom is 0.112 e. The molecule has 2 nitrogen and oxygen atoms in total. The predicted molar refractivity (Wildman–Crippen MR) is 94.3 cm³/mol. The first-order valence-corrected chi connectivity index (χ1v) is 8.83. The van der Waals surface area contributed by atoms with E-state index in [0.29, 0.717) is 11.3 Å². The van der Waals surface area contributed by atoms with E-state index in [0.717, 1.165) is 17.5 Å². The molecule has 2 bridgehead atoms. The molecule has 2 heterocycles. The van der Waals surface area contributed by atoms with Crippen molar-refractivity contribution in [3.8, 4) is 0 Å². The van der Waals surface area contributed by atoms with Crippen LogP contribution >= 0.6 is 24.0 Å². The molecule has 0 amide bonds. The Kier molecular flexibility index (Phi) is 5.70. The highest BCUT2D eigenvalue weighted by atomic mass is 32.2. The summed E-state index contributed by atoms with van der Waals surface area (Å²) in [5.74, 6) is 0.797. The van der Waals surface area contributed by atoms with Crippen molar-refractivity contribution >= 4 is 29.0 Å². The largest absolute Gasteiger partial charge is 0.371 e.